The summed E-state index contributed by atoms with van der Waals surface area (Å²) in [4.78, 5) is 12.0. The Morgan fingerprint density at radius 3 is 2.10 bits per heavy atom. The molecule has 0 aliphatic carbocycles. The molecule has 0 heterocycles. The fraction of sp³-hybridized carbons (Fsp3) is 0. The number of aromatic carboxylic acids is 1. The summed E-state index contributed by atoms with van der Waals surface area (Å²) >= 11 is 1.17. The molecule has 16 nitrogen and oxygen atoms in total. The van der Waals surface area contributed by atoms with E-state index in [1.54, 1.807) is 24.3 Å². The van der Waals surface area contributed by atoms with Crippen molar-refractivity contribution in [3.05, 3.63) is 72.3 Å². The first-order valence-electron chi connectivity index (χ1n) is 11.0. The first-order chi connectivity index (χ1) is 20.1. The molecule has 0 atom stereocenters. The highest BCUT2D eigenvalue weighted by Gasteiger charge is 2.22. The fourth-order valence-electron chi connectivity index (χ4n) is 3.48. The molecule has 0 aliphatic rings. The first-order valence-corrected chi connectivity index (χ1v) is 13.9. The fourth-order valence-corrected chi connectivity index (χ4v) is 5.07. The Morgan fingerprint density at radius 1 is 0.786 bits per heavy atom. The number of phenols is 1. The van der Waals surface area contributed by atoms with Crippen LogP contribution in [0.15, 0.2) is 102 Å². The molecular formula is C23H16N4O12S3. The maximum Gasteiger partial charge on any atom is 0.338 e. The molecule has 19 heteroatoms. The second-order valence-corrected chi connectivity index (χ2v) is 10.7. The summed E-state index contributed by atoms with van der Waals surface area (Å²) in [5.74, 6) is -1.98. The average Bonchev–Trinajstić information content (AvgIpc) is 2.97. The zero-order valence-corrected chi connectivity index (χ0v) is 22.9. The lowest BCUT2D eigenvalue weighted by Gasteiger charge is -2.11. The van der Waals surface area contributed by atoms with E-state index in [-0.39, 0.29) is 32.6 Å². The van der Waals surface area contributed by atoms with Crippen molar-refractivity contribution in [3.8, 4) is 5.75 Å². The highest BCUT2D eigenvalue weighted by Crippen LogP contribution is 2.44. The van der Waals surface area contributed by atoms with Gasteiger partial charge < -0.3 is 10.2 Å². The van der Waals surface area contributed by atoms with Gasteiger partial charge >= 0.3 is 5.97 Å². The summed E-state index contributed by atoms with van der Waals surface area (Å²) in [5.41, 5.74) is -0.396. The zero-order chi connectivity index (χ0) is 30.3. The molecule has 5 N–H and O–H groups in total. The van der Waals surface area contributed by atoms with Crippen LogP contribution in [0.5, 0.6) is 5.75 Å². The van der Waals surface area contributed by atoms with Crippen LogP contribution in [-0.4, -0.2) is 39.7 Å². The SMILES string of the molecule is O=C(O)c1cc(N=Nc2ccc(SOOO)cc2)ccc1N=Nc1cc(S(=O)(=O)O)c2cccc(SOOO)c2c1O. The molecular weight excluding hydrogens is 620 g/mol. The Hall–Kier alpha value is -4.02. The molecule has 0 aromatic heterocycles. The van der Waals surface area contributed by atoms with E-state index in [1.807, 2.05) is 0 Å². The second-order valence-electron chi connectivity index (χ2n) is 7.75. The maximum atomic E-state index is 12.1. The summed E-state index contributed by atoms with van der Waals surface area (Å²) in [6, 6.07) is 15.1. The number of aromatic hydroxyl groups is 1. The number of carboxylic acids is 1. The van der Waals surface area contributed by atoms with Gasteiger partial charge in [-0.05, 0) is 54.6 Å². The van der Waals surface area contributed by atoms with Crippen molar-refractivity contribution in [3.63, 3.8) is 0 Å². The minimum atomic E-state index is -4.84. The van der Waals surface area contributed by atoms with E-state index < -0.39 is 32.4 Å². The largest absolute Gasteiger partial charge is 0.505 e. The van der Waals surface area contributed by atoms with Crippen LogP contribution in [0.3, 0.4) is 0 Å². The number of nitrogens with zero attached hydrogens (tertiary/aromatic N) is 4. The molecule has 0 amide bonds. The van der Waals surface area contributed by atoms with Gasteiger partial charge in [0.1, 0.15) is 16.3 Å². The van der Waals surface area contributed by atoms with Gasteiger partial charge in [-0.2, -0.15) is 18.6 Å². The number of fused-ring (bicyclic) bond motifs is 1. The summed E-state index contributed by atoms with van der Waals surface area (Å²) in [7, 11) is -4.84. The predicted octanol–water partition coefficient (Wildman–Crippen LogP) is 7.18. The smallest absolute Gasteiger partial charge is 0.338 e. The highest BCUT2D eigenvalue weighted by molar-refractivity contribution is 7.95. The summed E-state index contributed by atoms with van der Waals surface area (Å²) in [6.07, 6.45) is 0. The lowest BCUT2D eigenvalue weighted by molar-refractivity contribution is -0.432. The van der Waals surface area contributed by atoms with Crippen LogP contribution >= 0.6 is 24.1 Å². The molecule has 0 spiro atoms. The van der Waals surface area contributed by atoms with Gasteiger partial charge in [0.25, 0.3) is 10.1 Å². The number of rotatable bonds is 12. The third-order valence-corrected chi connectivity index (χ3v) is 7.36. The van der Waals surface area contributed by atoms with Crippen molar-refractivity contribution in [1.29, 1.82) is 0 Å². The predicted molar refractivity (Wildman–Crippen MR) is 145 cm³/mol. The lowest BCUT2D eigenvalue weighted by Crippen LogP contribution is -2.00. The Labute approximate surface area is 243 Å². The van der Waals surface area contributed by atoms with Crippen LogP contribution in [0.1, 0.15) is 10.4 Å². The molecule has 4 rings (SSSR count). The molecule has 0 aliphatic heterocycles. The van der Waals surface area contributed by atoms with Gasteiger partial charge in [-0.25, -0.2) is 15.3 Å². The van der Waals surface area contributed by atoms with E-state index in [2.05, 4.69) is 39.2 Å². The summed E-state index contributed by atoms with van der Waals surface area (Å²) in [5, 5.41) is 59.8. The Kier molecular flexibility index (Phi) is 10.1. The molecule has 0 saturated heterocycles. The molecule has 4 aromatic carbocycles. The van der Waals surface area contributed by atoms with E-state index in [4.69, 9.17) is 10.5 Å². The number of benzene rings is 4. The molecule has 4 aromatic rings. The Morgan fingerprint density at radius 2 is 1.43 bits per heavy atom. The van der Waals surface area contributed by atoms with E-state index in [1.165, 1.54) is 36.4 Å². The molecule has 0 fully saturated rings. The van der Waals surface area contributed by atoms with Gasteiger partial charge in [0.05, 0.1) is 45.9 Å². The van der Waals surface area contributed by atoms with Crippen molar-refractivity contribution < 1.29 is 57.2 Å². The van der Waals surface area contributed by atoms with Gasteiger partial charge in [0.15, 0.2) is 5.75 Å². The third-order valence-electron chi connectivity index (χ3n) is 5.23. The minimum Gasteiger partial charge on any atom is -0.505 e. The summed E-state index contributed by atoms with van der Waals surface area (Å²) in [6.45, 7) is 0. The summed E-state index contributed by atoms with van der Waals surface area (Å²) < 4.78 is 42.7. The first kappa shape index (κ1) is 30.9. The number of phenolic OH excluding ortho intramolecular Hbond substituents is 1. The standard InChI is InChI=1S/C23H16N4O12S3/c28-22-18(11-20(42(33,34)35)15-2-1-3-19(21(15)22)41-39-37-32)27-26-17-9-6-13(10-16(17)23(29)30)25-24-12-4-7-14(8-5-12)40-38-36-31/h1-11,28,31-32H,(H,29,30)(H,33,34,35). The number of carboxylic acid groups (broad SMARTS) is 1. The van der Waals surface area contributed by atoms with E-state index in [0.29, 0.717) is 22.6 Å². The van der Waals surface area contributed by atoms with Crippen molar-refractivity contribution in [2.45, 2.75) is 14.7 Å². The van der Waals surface area contributed by atoms with Crippen molar-refractivity contribution in [2.24, 2.45) is 20.5 Å². The lowest BCUT2D eigenvalue weighted by atomic mass is 10.1. The van der Waals surface area contributed by atoms with Crippen LogP contribution in [0, 0.1) is 0 Å². The van der Waals surface area contributed by atoms with E-state index >= 15 is 0 Å². The van der Waals surface area contributed by atoms with Crippen LogP contribution < -0.4 is 0 Å². The van der Waals surface area contributed by atoms with Gasteiger partial charge in [0, 0.05) is 15.7 Å². The number of hydrogen-bond acceptors (Lipinski definition) is 16. The second kappa shape index (κ2) is 13.8. The van der Waals surface area contributed by atoms with Crippen LogP contribution in [0.2, 0.25) is 0 Å². The van der Waals surface area contributed by atoms with Crippen molar-refractivity contribution in [2.75, 3.05) is 0 Å². The molecule has 0 radical (unpaired) electrons. The van der Waals surface area contributed by atoms with Gasteiger partial charge in [0.2, 0.25) is 0 Å². The third kappa shape index (κ3) is 7.43. The molecule has 218 valence electrons. The van der Waals surface area contributed by atoms with Gasteiger partial charge in [-0.1, -0.05) is 22.2 Å². The van der Waals surface area contributed by atoms with Crippen LogP contribution in [-0.2, 0) is 28.9 Å². The molecule has 42 heavy (non-hydrogen) atoms. The zero-order valence-electron chi connectivity index (χ0n) is 20.5. The molecule has 0 unspecified atom stereocenters. The minimum absolute atomic E-state index is 0.0721. The quantitative estimate of drug-likeness (QED) is 0.0340. The normalized spacial score (nSPS) is 12.1. The number of carbonyl (C=O) groups is 1. The topological polar surface area (TPSA) is 239 Å². The monoisotopic (exact) mass is 636 g/mol. The molecule has 0 bridgehead atoms. The van der Waals surface area contributed by atoms with Gasteiger partial charge in [-0.15, -0.1) is 18.9 Å². The molecule has 0 saturated carbocycles. The van der Waals surface area contributed by atoms with Crippen molar-refractivity contribution >= 4 is 73.7 Å². The van der Waals surface area contributed by atoms with Crippen LogP contribution in [0.4, 0.5) is 22.7 Å². The number of hydrogen-bond donors (Lipinski definition) is 5. The van der Waals surface area contributed by atoms with E-state index in [0.717, 1.165) is 18.1 Å². The Balaban J connectivity index is 1.69. The average molecular weight is 637 g/mol. The van der Waals surface area contributed by atoms with Crippen LogP contribution in [0.25, 0.3) is 10.8 Å². The van der Waals surface area contributed by atoms with Crippen molar-refractivity contribution in [1.82, 2.24) is 0 Å². The van der Waals surface area contributed by atoms with E-state index in [9.17, 15) is 28.0 Å². The highest BCUT2D eigenvalue weighted by atomic mass is 32.2. The number of azo groups is 2. The van der Waals surface area contributed by atoms with Gasteiger partial charge in [-0.3, -0.25) is 4.55 Å². The Bertz CT molecular complexity index is 1780. The maximum absolute atomic E-state index is 12.1.